The Kier molecular flexibility index (Phi) is 3.92. The molecule has 1 aliphatic carbocycles. The fraction of sp³-hybridized carbons (Fsp3) is 0.500. The van der Waals surface area contributed by atoms with Crippen molar-refractivity contribution in [2.24, 2.45) is 0 Å². The van der Waals surface area contributed by atoms with Crippen LogP contribution in [0.3, 0.4) is 0 Å². The van der Waals surface area contributed by atoms with Gasteiger partial charge in [0.05, 0.1) is 6.10 Å². The second-order valence-corrected chi connectivity index (χ2v) is 5.57. The highest BCUT2D eigenvalue weighted by Gasteiger charge is 2.30. The summed E-state index contributed by atoms with van der Waals surface area (Å²) < 4.78 is 11.1. The molecule has 1 fully saturated rings. The Labute approximate surface area is 122 Å². The molecule has 2 atom stereocenters. The zero-order chi connectivity index (χ0) is 14.8. The lowest BCUT2D eigenvalue weighted by Crippen LogP contribution is -2.23. The van der Waals surface area contributed by atoms with Gasteiger partial charge in [0.1, 0.15) is 12.4 Å². The maximum absolute atomic E-state index is 11.7. The van der Waals surface area contributed by atoms with Gasteiger partial charge in [0.15, 0.2) is 11.9 Å². The predicted molar refractivity (Wildman–Crippen MR) is 74.7 cm³/mol. The number of ketones is 1. The van der Waals surface area contributed by atoms with Gasteiger partial charge in [0.25, 0.3) is 0 Å². The Morgan fingerprint density at radius 2 is 2.19 bits per heavy atom. The first kappa shape index (κ1) is 14.1. The number of ether oxygens (including phenoxy) is 2. The molecule has 2 unspecified atom stereocenters. The van der Waals surface area contributed by atoms with E-state index in [2.05, 4.69) is 0 Å². The quantitative estimate of drug-likeness (QED) is 0.920. The number of hydrogen-bond donors (Lipinski definition) is 1. The van der Waals surface area contributed by atoms with E-state index in [-0.39, 0.29) is 11.9 Å². The van der Waals surface area contributed by atoms with E-state index in [9.17, 15) is 9.59 Å². The van der Waals surface area contributed by atoms with Crippen LogP contribution in [-0.2, 0) is 16.0 Å². The number of aliphatic carboxylic acids is 1. The SMILES string of the molecule is O=C1CCCc2cc(OCC3CCC(C(=O)O)O3)ccc21. The number of aryl methyl sites for hydroxylation is 1. The molecule has 5 heteroatoms. The van der Waals surface area contributed by atoms with E-state index in [0.717, 1.165) is 24.0 Å². The monoisotopic (exact) mass is 290 g/mol. The fourth-order valence-electron chi connectivity index (χ4n) is 2.91. The number of carbonyl (C=O) groups is 2. The zero-order valence-electron chi connectivity index (χ0n) is 11.7. The highest BCUT2D eigenvalue weighted by atomic mass is 16.6. The molecule has 3 rings (SSSR count). The molecule has 1 aliphatic heterocycles. The number of Topliss-reactive ketones (excluding diaryl/α,β-unsaturated/α-hetero) is 1. The van der Waals surface area contributed by atoms with Gasteiger partial charge in [-0.3, -0.25) is 4.79 Å². The van der Waals surface area contributed by atoms with Gasteiger partial charge < -0.3 is 14.6 Å². The van der Waals surface area contributed by atoms with Crippen LogP contribution in [0.5, 0.6) is 5.75 Å². The molecule has 1 N–H and O–H groups in total. The Morgan fingerprint density at radius 1 is 1.33 bits per heavy atom. The molecule has 0 bridgehead atoms. The van der Waals surface area contributed by atoms with E-state index in [1.807, 2.05) is 12.1 Å². The Bertz CT molecular complexity index is 566. The van der Waals surface area contributed by atoms with Crippen molar-refractivity contribution in [3.05, 3.63) is 29.3 Å². The third-order valence-corrected chi connectivity index (χ3v) is 4.05. The zero-order valence-corrected chi connectivity index (χ0v) is 11.7. The van der Waals surface area contributed by atoms with Crippen LogP contribution in [-0.4, -0.2) is 35.7 Å². The van der Waals surface area contributed by atoms with Gasteiger partial charge in [0, 0.05) is 12.0 Å². The topological polar surface area (TPSA) is 72.8 Å². The van der Waals surface area contributed by atoms with E-state index in [0.29, 0.717) is 31.6 Å². The van der Waals surface area contributed by atoms with Crippen molar-refractivity contribution in [1.29, 1.82) is 0 Å². The maximum atomic E-state index is 11.7. The second-order valence-electron chi connectivity index (χ2n) is 5.57. The van der Waals surface area contributed by atoms with Crippen LogP contribution >= 0.6 is 0 Å². The van der Waals surface area contributed by atoms with Crippen LogP contribution in [0, 0.1) is 0 Å². The molecular weight excluding hydrogens is 272 g/mol. The van der Waals surface area contributed by atoms with Gasteiger partial charge >= 0.3 is 5.97 Å². The van der Waals surface area contributed by atoms with Crippen molar-refractivity contribution >= 4 is 11.8 Å². The number of carboxylic acids is 1. The van der Waals surface area contributed by atoms with Crippen LogP contribution in [0.25, 0.3) is 0 Å². The average Bonchev–Trinajstić information content (AvgIpc) is 2.94. The van der Waals surface area contributed by atoms with Crippen molar-refractivity contribution in [2.75, 3.05) is 6.61 Å². The molecule has 0 spiro atoms. The molecule has 1 heterocycles. The highest BCUT2D eigenvalue weighted by molar-refractivity contribution is 5.98. The Hall–Kier alpha value is -1.88. The van der Waals surface area contributed by atoms with Crippen LogP contribution in [0.1, 0.15) is 41.6 Å². The minimum absolute atomic E-state index is 0.177. The largest absolute Gasteiger partial charge is 0.491 e. The maximum Gasteiger partial charge on any atom is 0.332 e. The molecule has 0 saturated carbocycles. The summed E-state index contributed by atoms with van der Waals surface area (Å²) in [5.41, 5.74) is 1.84. The second kappa shape index (κ2) is 5.85. The normalized spacial score (nSPS) is 24.7. The Balaban J connectivity index is 1.59. The smallest absolute Gasteiger partial charge is 0.332 e. The lowest BCUT2D eigenvalue weighted by atomic mass is 9.90. The summed E-state index contributed by atoms with van der Waals surface area (Å²) in [6.07, 6.45) is 2.76. The van der Waals surface area contributed by atoms with Crippen LogP contribution in [0.15, 0.2) is 18.2 Å². The van der Waals surface area contributed by atoms with E-state index in [1.54, 1.807) is 6.07 Å². The van der Waals surface area contributed by atoms with E-state index in [1.165, 1.54) is 0 Å². The number of carboxylic acid groups (broad SMARTS) is 1. The first-order valence-electron chi connectivity index (χ1n) is 7.30. The summed E-state index contributed by atoms with van der Waals surface area (Å²) in [7, 11) is 0. The highest BCUT2D eigenvalue weighted by Crippen LogP contribution is 2.26. The van der Waals surface area contributed by atoms with Crippen molar-refractivity contribution < 1.29 is 24.2 Å². The molecule has 0 amide bonds. The molecule has 0 aromatic heterocycles. The van der Waals surface area contributed by atoms with Gasteiger partial charge in [0.2, 0.25) is 0 Å². The molecular formula is C16H18O5. The number of rotatable bonds is 4. The summed E-state index contributed by atoms with van der Waals surface area (Å²) in [4.78, 5) is 22.6. The molecule has 0 radical (unpaired) electrons. The standard InChI is InChI=1S/C16H18O5/c17-14-3-1-2-10-8-11(4-6-13(10)14)20-9-12-5-7-15(21-12)16(18)19/h4,6,8,12,15H,1-3,5,7,9H2,(H,18,19). The third kappa shape index (κ3) is 3.08. The summed E-state index contributed by atoms with van der Waals surface area (Å²) in [5, 5.41) is 8.88. The average molecular weight is 290 g/mol. The summed E-state index contributed by atoms with van der Waals surface area (Å²) in [6, 6.07) is 5.53. The first-order valence-corrected chi connectivity index (χ1v) is 7.30. The molecule has 5 nitrogen and oxygen atoms in total. The minimum atomic E-state index is -0.912. The third-order valence-electron chi connectivity index (χ3n) is 4.05. The minimum Gasteiger partial charge on any atom is -0.491 e. The van der Waals surface area contributed by atoms with Gasteiger partial charge in [-0.15, -0.1) is 0 Å². The fourth-order valence-corrected chi connectivity index (χ4v) is 2.91. The summed E-state index contributed by atoms with van der Waals surface area (Å²) in [6.45, 7) is 0.344. The Morgan fingerprint density at radius 3 is 2.95 bits per heavy atom. The van der Waals surface area contributed by atoms with E-state index >= 15 is 0 Å². The van der Waals surface area contributed by atoms with Crippen LogP contribution < -0.4 is 4.74 Å². The number of hydrogen-bond acceptors (Lipinski definition) is 4. The molecule has 21 heavy (non-hydrogen) atoms. The lowest BCUT2D eigenvalue weighted by Gasteiger charge is -2.17. The predicted octanol–water partition coefficient (Wildman–Crippen LogP) is 2.22. The number of benzene rings is 1. The van der Waals surface area contributed by atoms with Gasteiger partial charge in [-0.25, -0.2) is 4.79 Å². The van der Waals surface area contributed by atoms with Crippen LogP contribution in [0.4, 0.5) is 0 Å². The van der Waals surface area contributed by atoms with Gasteiger partial charge in [-0.1, -0.05) is 0 Å². The summed E-state index contributed by atoms with van der Waals surface area (Å²) in [5.74, 6) is 0.00171. The van der Waals surface area contributed by atoms with Crippen LogP contribution in [0.2, 0.25) is 0 Å². The van der Waals surface area contributed by atoms with Crippen molar-refractivity contribution in [2.45, 2.75) is 44.3 Å². The van der Waals surface area contributed by atoms with Crippen molar-refractivity contribution in [3.63, 3.8) is 0 Å². The van der Waals surface area contributed by atoms with E-state index < -0.39 is 12.1 Å². The summed E-state index contributed by atoms with van der Waals surface area (Å²) >= 11 is 0. The number of fused-ring (bicyclic) bond motifs is 1. The molecule has 1 saturated heterocycles. The molecule has 1 aromatic rings. The number of carbonyl (C=O) groups excluding carboxylic acids is 1. The molecule has 112 valence electrons. The lowest BCUT2D eigenvalue weighted by molar-refractivity contribution is -0.149. The van der Waals surface area contributed by atoms with Gasteiger partial charge in [-0.05, 0) is 49.4 Å². The van der Waals surface area contributed by atoms with E-state index in [4.69, 9.17) is 14.6 Å². The molecule has 2 aliphatic rings. The van der Waals surface area contributed by atoms with Crippen molar-refractivity contribution in [1.82, 2.24) is 0 Å². The molecule has 1 aromatic carbocycles. The van der Waals surface area contributed by atoms with Gasteiger partial charge in [-0.2, -0.15) is 0 Å². The van der Waals surface area contributed by atoms with Crippen molar-refractivity contribution in [3.8, 4) is 5.75 Å². The first-order chi connectivity index (χ1) is 10.1.